The lowest BCUT2D eigenvalue weighted by Crippen LogP contribution is -2.49. The van der Waals surface area contributed by atoms with Crippen LogP contribution in [0.5, 0.6) is 0 Å². The topological polar surface area (TPSA) is 74.5 Å². The van der Waals surface area contributed by atoms with Gasteiger partial charge in [0.25, 0.3) is 0 Å². The molecule has 0 spiro atoms. The van der Waals surface area contributed by atoms with Crippen molar-refractivity contribution in [1.29, 1.82) is 0 Å². The molecule has 3 rings (SSSR count). The largest absolute Gasteiger partial charge is 0.341 e. The SMILES string of the molecule is CC(C)(C)c1noc(CCC(=O)N2CCC(N3CCNCC3)C2)n1. The van der Waals surface area contributed by atoms with E-state index in [0.29, 0.717) is 30.6 Å². The summed E-state index contributed by atoms with van der Waals surface area (Å²) in [6.07, 6.45) is 2.05. The molecule has 0 radical (unpaired) electrons. The minimum Gasteiger partial charge on any atom is -0.341 e. The molecule has 3 heterocycles. The Bertz CT molecular complexity index is 560. The molecule has 7 heteroatoms. The third-order valence-corrected chi connectivity index (χ3v) is 4.88. The zero-order chi connectivity index (χ0) is 17.2. The minimum absolute atomic E-state index is 0.128. The van der Waals surface area contributed by atoms with Gasteiger partial charge in [0.1, 0.15) is 0 Å². The molecule has 2 saturated heterocycles. The summed E-state index contributed by atoms with van der Waals surface area (Å²) in [5, 5.41) is 7.39. The maximum Gasteiger partial charge on any atom is 0.227 e. The normalized spacial score (nSPS) is 23.0. The Morgan fingerprint density at radius 1 is 1.29 bits per heavy atom. The van der Waals surface area contributed by atoms with Crippen LogP contribution in [0.25, 0.3) is 0 Å². The molecule has 2 aliphatic heterocycles. The second-order valence-electron chi connectivity index (χ2n) is 7.83. The number of amides is 1. The molecule has 1 aromatic rings. The number of aromatic nitrogens is 2. The molecule has 1 unspecified atom stereocenters. The lowest BCUT2D eigenvalue weighted by molar-refractivity contribution is -0.130. The first-order valence-electron chi connectivity index (χ1n) is 8.99. The van der Waals surface area contributed by atoms with Crippen LogP contribution in [0.1, 0.15) is 45.3 Å². The van der Waals surface area contributed by atoms with Gasteiger partial charge in [-0.05, 0) is 6.42 Å². The molecule has 134 valence electrons. The Hall–Kier alpha value is -1.47. The summed E-state index contributed by atoms with van der Waals surface area (Å²) in [7, 11) is 0. The summed E-state index contributed by atoms with van der Waals surface area (Å²) < 4.78 is 5.27. The highest BCUT2D eigenvalue weighted by molar-refractivity contribution is 5.76. The van der Waals surface area contributed by atoms with Gasteiger partial charge >= 0.3 is 0 Å². The van der Waals surface area contributed by atoms with Crippen molar-refractivity contribution in [3.8, 4) is 0 Å². The molecule has 1 amide bonds. The highest BCUT2D eigenvalue weighted by atomic mass is 16.5. The van der Waals surface area contributed by atoms with Crippen molar-refractivity contribution in [3.63, 3.8) is 0 Å². The first-order chi connectivity index (χ1) is 11.4. The zero-order valence-corrected chi connectivity index (χ0v) is 15.0. The van der Waals surface area contributed by atoms with Gasteiger partial charge < -0.3 is 14.7 Å². The van der Waals surface area contributed by atoms with Gasteiger partial charge in [0.2, 0.25) is 11.8 Å². The molecule has 24 heavy (non-hydrogen) atoms. The molecule has 1 atom stereocenters. The van der Waals surface area contributed by atoms with Crippen LogP contribution in [0.2, 0.25) is 0 Å². The fourth-order valence-electron chi connectivity index (χ4n) is 3.35. The Balaban J connectivity index is 1.46. The summed E-state index contributed by atoms with van der Waals surface area (Å²) in [4.78, 5) is 21.4. The second kappa shape index (κ2) is 7.19. The van der Waals surface area contributed by atoms with Crippen molar-refractivity contribution in [3.05, 3.63) is 11.7 Å². The Kier molecular flexibility index (Phi) is 5.20. The van der Waals surface area contributed by atoms with Gasteiger partial charge in [-0.25, -0.2) is 0 Å². The number of hydrogen-bond donors (Lipinski definition) is 1. The van der Waals surface area contributed by atoms with E-state index in [1.54, 1.807) is 0 Å². The quantitative estimate of drug-likeness (QED) is 0.877. The van der Waals surface area contributed by atoms with E-state index in [1.807, 2.05) is 25.7 Å². The monoisotopic (exact) mass is 335 g/mol. The molecule has 0 aliphatic carbocycles. The number of piperazine rings is 1. The van der Waals surface area contributed by atoms with Crippen molar-refractivity contribution < 1.29 is 9.32 Å². The number of rotatable bonds is 4. The third kappa shape index (κ3) is 4.13. The predicted octanol–water partition coefficient (Wildman–Crippen LogP) is 0.806. The van der Waals surface area contributed by atoms with E-state index in [-0.39, 0.29) is 11.3 Å². The van der Waals surface area contributed by atoms with Crippen molar-refractivity contribution in [1.82, 2.24) is 25.3 Å². The highest BCUT2D eigenvalue weighted by Gasteiger charge is 2.31. The minimum atomic E-state index is -0.128. The van der Waals surface area contributed by atoms with Gasteiger partial charge in [-0.3, -0.25) is 9.69 Å². The van der Waals surface area contributed by atoms with E-state index in [2.05, 4.69) is 20.4 Å². The molecular formula is C17H29N5O2. The molecule has 7 nitrogen and oxygen atoms in total. The lowest BCUT2D eigenvalue weighted by atomic mass is 9.96. The van der Waals surface area contributed by atoms with Crippen LogP contribution in [-0.2, 0) is 16.6 Å². The summed E-state index contributed by atoms with van der Waals surface area (Å²) in [5.74, 6) is 1.46. The van der Waals surface area contributed by atoms with E-state index in [4.69, 9.17) is 4.52 Å². The average Bonchev–Trinajstić information content (AvgIpc) is 3.22. The molecular weight excluding hydrogens is 306 g/mol. The Morgan fingerprint density at radius 3 is 2.71 bits per heavy atom. The van der Waals surface area contributed by atoms with E-state index in [0.717, 1.165) is 45.7 Å². The Labute approximate surface area is 143 Å². The molecule has 1 N–H and O–H groups in total. The average molecular weight is 335 g/mol. The van der Waals surface area contributed by atoms with Crippen LogP contribution in [-0.4, -0.2) is 71.2 Å². The number of aryl methyl sites for hydroxylation is 1. The first kappa shape index (κ1) is 17.4. The highest BCUT2D eigenvalue weighted by Crippen LogP contribution is 2.20. The van der Waals surface area contributed by atoms with E-state index in [9.17, 15) is 4.79 Å². The summed E-state index contributed by atoms with van der Waals surface area (Å²) >= 11 is 0. The first-order valence-corrected chi connectivity index (χ1v) is 8.99. The second-order valence-corrected chi connectivity index (χ2v) is 7.83. The number of carbonyl (C=O) groups is 1. The van der Waals surface area contributed by atoms with Crippen LogP contribution >= 0.6 is 0 Å². The molecule has 1 aromatic heterocycles. The van der Waals surface area contributed by atoms with Crippen LogP contribution < -0.4 is 5.32 Å². The summed E-state index contributed by atoms with van der Waals surface area (Å²) in [6, 6.07) is 0.520. The molecule has 2 fully saturated rings. The van der Waals surface area contributed by atoms with E-state index in [1.165, 1.54) is 0 Å². The van der Waals surface area contributed by atoms with Gasteiger partial charge in [0.05, 0.1) is 0 Å². The Morgan fingerprint density at radius 2 is 2.04 bits per heavy atom. The van der Waals surface area contributed by atoms with Crippen molar-refractivity contribution in [2.24, 2.45) is 0 Å². The molecule has 0 bridgehead atoms. The number of nitrogens with zero attached hydrogens (tertiary/aromatic N) is 4. The van der Waals surface area contributed by atoms with Crippen molar-refractivity contribution >= 4 is 5.91 Å². The van der Waals surface area contributed by atoms with E-state index >= 15 is 0 Å². The number of carbonyl (C=O) groups excluding carboxylic acids is 1. The van der Waals surface area contributed by atoms with Gasteiger partial charge in [0, 0.05) is 63.6 Å². The van der Waals surface area contributed by atoms with Gasteiger partial charge in [0.15, 0.2) is 5.82 Å². The van der Waals surface area contributed by atoms with E-state index < -0.39 is 0 Å². The van der Waals surface area contributed by atoms with Gasteiger partial charge in [-0.1, -0.05) is 25.9 Å². The number of nitrogens with one attached hydrogen (secondary N) is 1. The van der Waals surface area contributed by atoms with Crippen molar-refractivity contribution in [2.45, 2.75) is 51.5 Å². The predicted molar refractivity (Wildman–Crippen MR) is 90.7 cm³/mol. The fourth-order valence-corrected chi connectivity index (χ4v) is 3.35. The lowest BCUT2D eigenvalue weighted by Gasteiger charge is -2.32. The number of likely N-dealkylation sites (tertiary alicyclic amines) is 1. The maximum atomic E-state index is 12.5. The maximum absolute atomic E-state index is 12.5. The number of hydrogen-bond acceptors (Lipinski definition) is 6. The van der Waals surface area contributed by atoms with Gasteiger partial charge in [-0.15, -0.1) is 0 Å². The van der Waals surface area contributed by atoms with Crippen molar-refractivity contribution in [2.75, 3.05) is 39.3 Å². The van der Waals surface area contributed by atoms with Gasteiger partial charge in [-0.2, -0.15) is 4.98 Å². The molecule has 0 aromatic carbocycles. The standard InChI is InChI=1S/C17H29N5O2/c1-17(2,3)16-19-14(24-20-16)4-5-15(23)22-9-6-13(12-22)21-10-7-18-8-11-21/h13,18H,4-12H2,1-3H3. The summed E-state index contributed by atoms with van der Waals surface area (Å²) in [5.41, 5.74) is -0.128. The summed E-state index contributed by atoms with van der Waals surface area (Å²) in [6.45, 7) is 12.2. The fraction of sp³-hybridized carbons (Fsp3) is 0.824. The van der Waals surface area contributed by atoms with Crippen LogP contribution in [0.15, 0.2) is 4.52 Å². The van der Waals surface area contributed by atoms with Crippen LogP contribution in [0.3, 0.4) is 0 Å². The van der Waals surface area contributed by atoms with Crippen LogP contribution in [0, 0.1) is 0 Å². The van der Waals surface area contributed by atoms with Crippen LogP contribution in [0.4, 0.5) is 0 Å². The third-order valence-electron chi connectivity index (χ3n) is 4.88. The molecule has 0 saturated carbocycles. The smallest absolute Gasteiger partial charge is 0.227 e. The zero-order valence-electron chi connectivity index (χ0n) is 15.0. The molecule has 2 aliphatic rings.